The van der Waals surface area contributed by atoms with Crippen LogP contribution in [0.2, 0.25) is 0 Å². The molecular weight excluding hydrogens is 183 g/mol. The molecule has 1 aromatic carbocycles. The number of para-hydroxylation sites is 1. The van der Waals surface area contributed by atoms with Crippen molar-refractivity contribution in [2.75, 3.05) is 0 Å². The van der Waals surface area contributed by atoms with Gasteiger partial charge in [-0.15, -0.1) is 0 Å². The molecule has 1 heterocycles. The van der Waals surface area contributed by atoms with Gasteiger partial charge in [0, 0.05) is 5.56 Å². The van der Waals surface area contributed by atoms with Gasteiger partial charge in [0.05, 0.1) is 0 Å². The van der Waals surface area contributed by atoms with Crippen LogP contribution in [0.1, 0.15) is 11.1 Å². The number of halogens is 1. The lowest BCUT2D eigenvalue weighted by Gasteiger charge is -2.20. The van der Waals surface area contributed by atoms with Crippen molar-refractivity contribution in [3.63, 3.8) is 0 Å². The highest BCUT2D eigenvalue weighted by Crippen LogP contribution is 2.42. The lowest BCUT2D eigenvalue weighted by molar-refractivity contribution is 0.277. The molecule has 0 saturated heterocycles. The summed E-state index contributed by atoms with van der Waals surface area (Å²) >= 11 is 5.85. The van der Waals surface area contributed by atoms with Crippen LogP contribution in [0.25, 0.3) is 0 Å². The van der Waals surface area contributed by atoms with Crippen molar-refractivity contribution < 1.29 is 9.05 Å². The molecule has 1 aliphatic rings. The molecule has 0 radical (unpaired) electrons. The van der Waals surface area contributed by atoms with Crippen LogP contribution in [0.5, 0.6) is 5.75 Å². The Morgan fingerprint density at radius 3 is 3.00 bits per heavy atom. The smallest absolute Gasteiger partial charge is 0.217 e. The molecule has 0 N–H and O–H groups in total. The third-order valence-electron chi connectivity index (χ3n) is 1.47. The normalized spacial score (nSPS) is 24.3. The van der Waals surface area contributed by atoms with Gasteiger partial charge in [0.1, 0.15) is 5.75 Å². The van der Waals surface area contributed by atoms with Crippen LogP contribution in [-0.2, 0) is 4.52 Å². The molecule has 0 amide bonds. The largest absolute Gasteiger partial charge is 0.449 e. The van der Waals surface area contributed by atoms with Crippen LogP contribution >= 0.6 is 20.6 Å². The van der Waals surface area contributed by atoms with E-state index in [4.69, 9.17) is 20.6 Å². The van der Waals surface area contributed by atoms with Gasteiger partial charge in [-0.05, 0) is 6.07 Å². The van der Waals surface area contributed by atoms with Crippen LogP contribution in [0, 0.1) is 0 Å². The first-order chi connectivity index (χ1) is 5.38. The van der Waals surface area contributed by atoms with Gasteiger partial charge in [0.15, 0.2) is 5.56 Å². The maximum Gasteiger partial charge on any atom is 0.217 e. The van der Waals surface area contributed by atoms with E-state index in [1.54, 1.807) is 0 Å². The van der Waals surface area contributed by atoms with Gasteiger partial charge in [-0.2, -0.15) is 0 Å². The van der Waals surface area contributed by atoms with Crippen LogP contribution < -0.4 is 4.52 Å². The van der Waals surface area contributed by atoms with E-state index < -0.39 is 0 Å². The summed E-state index contributed by atoms with van der Waals surface area (Å²) in [4.78, 5) is 0. The molecule has 0 fully saturated rings. The van der Waals surface area contributed by atoms with Gasteiger partial charge in [-0.25, -0.2) is 0 Å². The molecule has 2 nitrogen and oxygen atoms in total. The summed E-state index contributed by atoms with van der Waals surface area (Å²) < 4.78 is 10.3. The van der Waals surface area contributed by atoms with E-state index in [9.17, 15) is 0 Å². The van der Waals surface area contributed by atoms with Crippen molar-refractivity contribution in [3.8, 4) is 5.75 Å². The minimum Gasteiger partial charge on any atom is -0.449 e. The Morgan fingerprint density at radius 2 is 2.18 bits per heavy atom. The summed E-state index contributed by atoms with van der Waals surface area (Å²) in [6.07, 6.45) is 0. The van der Waals surface area contributed by atoms with E-state index in [2.05, 4.69) is 0 Å². The highest BCUT2D eigenvalue weighted by molar-refractivity contribution is 7.26. The van der Waals surface area contributed by atoms with Crippen LogP contribution in [0.4, 0.5) is 0 Å². The Labute approximate surface area is 71.4 Å². The monoisotopic (exact) mass is 188 g/mol. The summed E-state index contributed by atoms with van der Waals surface area (Å²) in [5.41, 5.74) is 0.561. The molecule has 1 aliphatic heterocycles. The topological polar surface area (TPSA) is 18.5 Å². The molecule has 0 bridgehead atoms. The third-order valence-corrected chi connectivity index (χ3v) is 2.58. The minimum absolute atomic E-state index is 0.0171. The first-order valence-electron chi connectivity index (χ1n) is 3.18. The van der Waals surface area contributed by atoms with E-state index in [1.807, 2.05) is 24.3 Å². The number of rotatable bonds is 0. The van der Waals surface area contributed by atoms with E-state index >= 15 is 0 Å². The van der Waals surface area contributed by atoms with Crippen molar-refractivity contribution >= 4 is 20.6 Å². The quantitative estimate of drug-likeness (QED) is 0.460. The summed E-state index contributed by atoms with van der Waals surface area (Å²) in [5.74, 6) is 0.831. The van der Waals surface area contributed by atoms with Gasteiger partial charge in [-0.1, -0.05) is 29.8 Å². The zero-order chi connectivity index (χ0) is 7.68. The summed E-state index contributed by atoms with van der Waals surface area (Å²) in [5, 5.41) is 0. The number of fused-ring (bicyclic) bond motifs is 1. The summed E-state index contributed by atoms with van der Waals surface area (Å²) in [6.45, 7) is 0. The van der Waals surface area contributed by atoms with Gasteiger partial charge in [0.2, 0.25) is 9.03 Å². The minimum atomic E-state index is -0.349. The molecule has 58 valence electrons. The molecule has 2 atom stereocenters. The zero-order valence-electron chi connectivity index (χ0n) is 5.58. The van der Waals surface area contributed by atoms with Gasteiger partial charge < -0.3 is 9.05 Å². The summed E-state index contributed by atoms with van der Waals surface area (Å²) in [6, 6.07) is 7.62. The van der Waals surface area contributed by atoms with E-state index in [-0.39, 0.29) is 14.6 Å². The average molecular weight is 189 g/mol. The fourth-order valence-corrected chi connectivity index (χ4v) is 1.76. The van der Waals surface area contributed by atoms with Crippen molar-refractivity contribution in [2.45, 2.75) is 5.56 Å². The average Bonchev–Trinajstić information content (AvgIpc) is 2.06. The number of hydrogen-bond donors (Lipinski definition) is 0. The van der Waals surface area contributed by atoms with E-state index in [1.165, 1.54) is 0 Å². The molecular formula is C7H6ClO2P. The first kappa shape index (κ1) is 7.35. The van der Waals surface area contributed by atoms with Crippen molar-refractivity contribution in [1.82, 2.24) is 0 Å². The standard InChI is InChI=1S/C7H6ClO2P/c8-7-5-3-1-2-4-6(5)9-11-10-7/h1-4,7,11H. The van der Waals surface area contributed by atoms with Crippen LogP contribution in [0.3, 0.4) is 0 Å². The second kappa shape index (κ2) is 2.98. The van der Waals surface area contributed by atoms with Gasteiger partial charge >= 0.3 is 0 Å². The fraction of sp³-hybridized carbons (Fsp3) is 0.143. The SMILES string of the molecule is ClC1OPOc2ccccc21. The first-order valence-corrected chi connectivity index (χ1v) is 4.44. The Hall–Kier alpha value is -0.300. The van der Waals surface area contributed by atoms with Crippen LogP contribution in [0.15, 0.2) is 24.3 Å². The fourth-order valence-electron chi connectivity index (χ4n) is 0.936. The molecule has 2 unspecified atom stereocenters. The third kappa shape index (κ3) is 1.34. The summed E-state index contributed by atoms with van der Waals surface area (Å²) in [7, 11) is 0.0171. The number of hydrogen-bond acceptors (Lipinski definition) is 2. The maximum absolute atomic E-state index is 5.85. The molecule has 2 rings (SSSR count). The maximum atomic E-state index is 5.85. The van der Waals surface area contributed by atoms with Gasteiger partial charge in [-0.3, -0.25) is 0 Å². The second-order valence-corrected chi connectivity index (χ2v) is 3.16. The van der Waals surface area contributed by atoms with Crippen LogP contribution in [-0.4, -0.2) is 0 Å². The highest BCUT2D eigenvalue weighted by Gasteiger charge is 2.18. The van der Waals surface area contributed by atoms with Crippen molar-refractivity contribution in [3.05, 3.63) is 29.8 Å². The number of alkyl halides is 1. The lowest BCUT2D eigenvalue weighted by atomic mass is 10.2. The van der Waals surface area contributed by atoms with Gasteiger partial charge in [0.25, 0.3) is 0 Å². The molecule has 0 aromatic heterocycles. The molecule has 0 spiro atoms. The Morgan fingerprint density at radius 1 is 1.36 bits per heavy atom. The lowest BCUT2D eigenvalue weighted by Crippen LogP contribution is -2.00. The predicted molar refractivity (Wildman–Crippen MR) is 45.1 cm³/mol. The Kier molecular flexibility index (Phi) is 1.99. The predicted octanol–water partition coefficient (Wildman–Crippen LogP) is 2.84. The Bertz CT molecular complexity index is 266. The van der Waals surface area contributed by atoms with E-state index in [0.29, 0.717) is 0 Å². The Balaban J connectivity index is 2.44. The molecule has 4 heteroatoms. The second-order valence-electron chi connectivity index (χ2n) is 2.16. The molecule has 11 heavy (non-hydrogen) atoms. The molecule has 0 aliphatic carbocycles. The molecule has 1 aromatic rings. The number of benzene rings is 1. The van der Waals surface area contributed by atoms with Crippen molar-refractivity contribution in [1.29, 1.82) is 0 Å². The zero-order valence-corrected chi connectivity index (χ0v) is 7.34. The van der Waals surface area contributed by atoms with E-state index in [0.717, 1.165) is 11.3 Å². The van der Waals surface area contributed by atoms with Crippen molar-refractivity contribution in [2.24, 2.45) is 0 Å². The highest BCUT2D eigenvalue weighted by atomic mass is 35.5. The molecule has 0 saturated carbocycles.